The molecule has 0 unspecified atom stereocenters. The van der Waals surface area contributed by atoms with E-state index in [0.29, 0.717) is 5.92 Å². The summed E-state index contributed by atoms with van der Waals surface area (Å²) in [5.41, 5.74) is 2.18. The first-order valence-corrected chi connectivity index (χ1v) is 6.80. The van der Waals surface area contributed by atoms with Crippen LogP contribution in [0.15, 0.2) is 18.5 Å². The van der Waals surface area contributed by atoms with Crippen molar-refractivity contribution in [3.8, 4) is 0 Å². The van der Waals surface area contributed by atoms with Crippen molar-refractivity contribution in [2.45, 2.75) is 46.0 Å². The first-order valence-electron chi connectivity index (χ1n) is 6.80. The van der Waals surface area contributed by atoms with E-state index in [1.807, 2.05) is 10.7 Å². The Morgan fingerprint density at radius 3 is 2.89 bits per heavy atom. The van der Waals surface area contributed by atoms with E-state index in [1.165, 1.54) is 19.3 Å². The van der Waals surface area contributed by atoms with Gasteiger partial charge in [-0.25, -0.2) is 9.50 Å². The summed E-state index contributed by atoms with van der Waals surface area (Å²) in [5, 5.41) is 7.96. The molecular weight excluding hydrogens is 224 g/mol. The molecule has 0 amide bonds. The van der Waals surface area contributed by atoms with E-state index in [1.54, 1.807) is 6.20 Å². The van der Waals surface area contributed by atoms with Crippen LogP contribution in [0.25, 0.3) is 5.52 Å². The van der Waals surface area contributed by atoms with E-state index < -0.39 is 0 Å². The Morgan fingerprint density at radius 1 is 1.33 bits per heavy atom. The zero-order valence-corrected chi connectivity index (χ0v) is 11.5. The minimum Gasteiger partial charge on any atom is -0.368 e. The quantitative estimate of drug-likeness (QED) is 0.794. The minimum absolute atomic E-state index is 0.442. The molecule has 4 nitrogen and oxygen atoms in total. The predicted molar refractivity (Wildman–Crippen MR) is 75.1 cm³/mol. The molecule has 0 fully saturated rings. The highest BCUT2D eigenvalue weighted by Gasteiger charge is 2.09. The minimum atomic E-state index is 0.442. The van der Waals surface area contributed by atoms with Crippen LogP contribution in [0.1, 0.15) is 51.6 Å². The van der Waals surface area contributed by atoms with Gasteiger partial charge in [-0.15, -0.1) is 0 Å². The highest BCUT2D eigenvalue weighted by atomic mass is 15.2. The lowest BCUT2D eigenvalue weighted by Gasteiger charge is -2.05. The van der Waals surface area contributed by atoms with E-state index in [-0.39, 0.29) is 0 Å². The van der Waals surface area contributed by atoms with Gasteiger partial charge in [-0.1, -0.05) is 33.6 Å². The topological polar surface area (TPSA) is 42.2 Å². The molecule has 0 bridgehead atoms. The molecule has 2 heterocycles. The van der Waals surface area contributed by atoms with Crippen LogP contribution in [0, 0.1) is 0 Å². The van der Waals surface area contributed by atoms with Crippen molar-refractivity contribution in [2.24, 2.45) is 0 Å². The summed E-state index contributed by atoms with van der Waals surface area (Å²) in [6.45, 7) is 7.50. The molecule has 2 aromatic rings. The highest BCUT2D eigenvalue weighted by Crippen LogP contribution is 2.19. The maximum absolute atomic E-state index is 4.55. The summed E-state index contributed by atoms with van der Waals surface area (Å²) in [6, 6.07) is 2.12. The summed E-state index contributed by atoms with van der Waals surface area (Å²) in [6.07, 6.45) is 7.38. The van der Waals surface area contributed by atoms with Crippen molar-refractivity contribution >= 4 is 11.3 Å². The lowest BCUT2D eigenvalue weighted by atomic mass is 10.1. The lowest BCUT2D eigenvalue weighted by molar-refractivity contribution is 0.742. The molecule has 2 rings (SSSR count). The Balaban J connectivity index is 2.16. The van der Waals surface area contributed by atoms with E-state index in [9.17, 15) is 0 Å². The van der Waals surface area contributed by atoms with Crippen molar-refractivity contribution in [1.82, 2.24) is 14.6 Å². The molecule has 0 spiro atoms. The average Bonchev–Trinajstić information content (AvgIpc) is 2.79. The van der Waals surface area contributed by atoms with Gasteiger partial charge >= 0.3 is 0 Å². The normalized spacial score (nSPS) is 11.3. The first-order chi connectivity index (χ1) is 8.72. The van der Waals surface area contributed by atoms with Gasteiger partial charge in [0.05, 0.1) is 5.69 Å². The molecule has 0 saturated heterocycles. The van der Waals surface area contributed by atoms with Crippen LogP contribution < -0.4 is 5.32 Å². The molecule has 98 valence electrons. The van der Waals surface area contributed by atoms with Gasteiger partial charge in [-0.3, -0.25) is 0 Å². The van der Waals surface area contributed by atoms with Crippen molar-refractivity contribution < 1.29 is 0 Å². The Labute approximate surface area is 108 Å². The van der Waals surface area contributed by atoms with Gasteiger partial charge in [0.2, 0.25) is 0 Å². The molecule has 1 N–H and O–H groups in total. The molecule has 4 heteroatoms. The maximum Gasteiger partial charge on any atom is 0.152 e. The number of fused-ring (bicyclic) bond motifs is 1. The van der Waals surface area contributed by atoms with Crippen molar-refractivity contribution in [3.63, 3.8) is 0 Å². The molecule has 18 heavy (non-hydrogen) atoms. The van der Waals surface area contributed by atoms with Gasteiger partial charge in [-0.05, 0) is 18.4 Å². The summed E-state index contributed by atoms with van der Waals surface area (Å²) in [4.78, 5) is 4.41. The molecule has 0 saturated carbocycles. The first kappa shape index (κ1) is 12.9. The van der Waals surface area contributed by atoms with E-state index >= 15 is 0 Å². The predicted octanol–water partition coefficient (Wildman–Crippen LogP) is 3.45. The summed E-state index contributed by atoms with van der Waals surface area (Å²) in [5.74, 6) is 1.38. The maximum atomic E-state index is 4.55. The molecule has 0 atom stereocenters. The summed E-state index contributed by atoms with van der Waals surface area (Å²) >= 11 is 0. The van der Waals surface area contributed by atoms with Gasteiger partial charge in [0.25, 0.3) is 0 Å². The third-order valence-corrected chi connectivity index (χ3v) is 3.07. The Kier molecular flexibility index (Phi) is 4.18. The van der Waals surface area contributed by atoms with E-state index in [0.717, 1.165) is 23.6 Å². The Morgan fingerprint density at radius 2 is 2.17 bits per heavy atom. The molecule has 2 aromatic heterocycles. The number of unbranched alkanes of at least 4 members (excludes halogenated alkanes) is 2. The lowest BCUT2D eigenvalue weighted by Crippen LogP contribution is -2.04. The van der Waals surface area contributed by atoms with Crippen LogP contribution >= 0.6 is 0 Å². The number of hydrogen-bond acceptors (Lipinski definition) is 3. The summed E-state index contributed by atoms with van der Waals surface area (Å²) < 4.78 is 1.91. The number of hydrogen-bond donors (Lipinski definition) is 1. The fourth-order valence-corrected chi connectivity index (χ4v) is 1.94. The van der Waals surface area contributed by atoms with Gasteiger partial charge in [-0.2, -0.15) is 5.10 Å². The molecule has 0 radical (unpaired) electrons. The van der Waals surface area contributed by atoms with Crippen LogP contribution in [0.2, 0.25) is 0 Å². The number of nitrogens with one attached hydrogen (secondary N) is 1. The van der Waals surface area contributed by atoms with Crippen LogP contribution in [0.5, 0.6) is 0 Å². The van der Waals surface area contributed by atoms with Crippen LogP contribution in [-0.2, 0) is 0 Å². The number of rotatable bonds is 6. The SMILES string of the molecule is CCCCCNc1nccn2nc(C(C)C)cc12. The standard InChI is InChI=1S/C14H22N4/c1-4-5-6-7-15-14-13-10-12(11(2)3)17-18(13)9-8-16-14/h8-11H,4-7H2,1-3H3,(H,15,16). The molecule has 0 aliphatic heterocycles. The smallest absolute Gasteiger partial charge is 0.152 e. The molecular formula is C14H22N4. The molecule has 0 aliphatic rings. The van der Waals surface area contributed by atoms with Crippen LogP contribution in [0.3, 0.4) is 0 Å². The third-order valence-electron chi connectivity index (χ3n) is 3.07. The van der Waals surface area contributed by atoms with Gasteiger partial charge < -0.3 is 5.32 Å². The number of aromatic nitrogens is 3. The van der Waals surface area contributed by atoms with Crippen LogP contribution in [-0.4, -0.2) is 21.1 Å². The Hall–Kier alpha value is -1.58. The zero-order chi connectivity index (χ0) is 13.0. The Bertz CT molecular complexity index is 501. The second-order valence-electron chi connectivity index (χ2n) is 4.96. The number of anilines is 1. The summed E-state index contributed by atoms with van der Waals surface area (Å²) in [7, 11) is 0. The van der Waals surface area contributed by atoms with E-state index in [2.05, 4.69) is 42.2 Å². The van der Waals surface area contributed by atoms with Crippen molar-refractivity contribution in [1.29, 1.82) is 0 Å². The monoisotopic (exact) mass is 246 g/mol. The van der Waals surface area contributed by atoms with Gasteiger partial charge in [0.15, 0.2) is 5.82 Å². The van der Waals surface area contributed by atoms with Gasteiger partial charge in [0.1, 0.15) is 5.52 Å². The zero-order valence-electron chi connectivity index (χ0n) is 11.5. The second-order valence-corrected chi connectivity index (χ2v) is 4.96. The molecule has 0 aliphatic carbocycles. The fraction of sp³-hybridized carbons (Fsp3) is 0.571. The second kappa shape index (κ2) is 5.85. The molecule has 0 aromatic carbocycles. The van der Waals surface area contributed by atoms with E-state index in [4.69, 9.17) is 0 Å². The van der Waals surface area contributed by atoms with Crippen LogP contribution in [0.4, 0.5) is 5.82 Å². The highest BCUT2D eigenvalue weighted by molar-refractivity contribution is 5.67. The largest absolute Gasteiger partial charge is 0.368 e. The van der Waals surface area contributed by atoms with Crippen molar-refractivity contribution in [2.75, 3.05) is 11.9 Å². The van der Waals surface area contributed by atoms with Crippen molar-refractivity contribution in [3.05, 3.63) is 24.2 Å². The third kappa shape index (κ3) is 2.81. The number of nitrogens with zero attached hydrogens (tertiary/aromatic N) is 3. The average molecular weight is 246 g/mol. The fourth-order valence-electron chi connectivity index (χ4n) is 1.94. The van der Waals surface area contributed by atoms with Gasteiger partial charge in [0, 0.05) is 18.9 Å².